The Kier molecular flexibility index (Phi) is 5.84. The van der Waals surface area contributed by atoms with Crippen LogP contribution in [0.5, 0.6) is 0 Å². The molecule has 0 bridgehead atoms. The second-order valence-electron chi connectivity index (χ2n) is 9.21. The van der Waals surface area contributed by atoms with Crippen LogP contribution in [0, 0.1) is 13.8 Å². The van der Waals surface area contributed by atoms with Gasteiger partial charge in [-0.15, -0.1) is 0 Å². The molecule has 1 aliphatic rings. The number of carbonyl (C=O) groups is 3. The van der Waals surface area contributed by atoms with Gasteiger partial charge in [0.25, 0.3) is 5.91 Å². The SMILES string of the molecule is Cc1ccc([C@@]2(c3ccccc3)NC(=O)N(CC(=O)N[C@H](C)c3cc4ccccc4o3)C2=O)cc1C. The van der Waals surface area contributed by atoms with Gasteiger partial charge in [-0.2, -0.15) is 0 Å². The number of nitrogens with zero attached hydrogens (tertiary/aromatic N) is 1. The van der Waals surface area contributed by atoms with E-state index < -0.39 is 36.0 Å². The number of hydrogen-bond acceptors (Lipinski definition) is 4. The zero-order valence-corrected chi connectivity index (χ0v) is 20.4. The molecule has 1 fully saturated rings. The zero-order valence-electron chi connectivity index (χ0n) is 20.4. The molecule has 1 saturated heterocycles. The first kappa shape index (κ1) is 23.4. The first-order chi connectivity index (χ1) is 17.3. The Morgan fingerprint density at radius 1 is 0.944 bits per heavy atom. The Bertz CT molecular complexity index is 1440. The van der Waals surface area contributed by atoms with Gasteiger partial charge in [0, 0.05) is 5.39 Å². The number of benzene rings is 3. The van der Waals surface area contributed by atoms with Gasteiger partial charge in [0.15, 0.2) is 5.54 Å². The van der Waals surface area contributed by atoms with Crippen LogP contribution < -0.4 is 10.6 Å². The molecule has 182 valence electrons. The van der Waals surface area contributed by atoms with Gasteiger partial charge >= 0.3 is 6.03 Å². The molecular weight excluding hydrogens is 454 g/mol. The number of amides is 4. The number of aryl methyl sites for hydroxylation is 2. The highest BCUT2D eigenvalue weighted by Gasteiger charge is 2.54. The molecule has 7 nitrogen and oxygen atoms in total. The van der Waals surface area contributed by atoms with Gasteiger partial charge in [-0.05, 0) is 55.2 Å². The average Bonchev–Trinajstić information content (AvgIpc) is 3.42. The smallest absolute Gasteiger partial charge is 0.326 e. The molecule has 5 rings (SSSR count). The first-order valence-corrected chi connectivity index (χ1v) is 11.8. The lowest BCUT2D eigenvalue weighted by Gasteiger charge is -2.28. The summed E-state index contributed by atoms with van der Waals surface area (Å²) >= 11 is 0. The highest BCUT2D eigenvalue weighted by atomic mass is 16.3. The van der Waals surface area contributed by atoms with Gasteiger partial charge in [-0.1, -0.05) is 66.7 Å². The fourth-order valence-corrected chi connectivity index (χ4v) is 4.66. The summed E-state index contributed by atoms with van der Waals surface area (Å²) in [5, 5.41) is 6.67. The van der Waals surface area contributed by atoms with Crippen LogP contribution in [0.1, 0.15) is 41.0 Å². The van der Waals surface area contributed by atoms with Crippen molar-refractivity contribution >= 4 is 28.8 Å². The van der Waals surface area contributed by atoms with E-state index >= 15 is 0 Å². The lowest BCUT2D eigenvalue weighted by molar-refractivity contribution is -0.134. The molecule has 0 saturated carbocycles. The second-order valence-corrected chi connectivity index (χ2v) is 9.21. The van der Waals surface area contributed by atoms with E-state index in [-0.39, 0.29) is 0 Å². The number of nitrogens with one attached hydrogen (secondary N) is 2. The number of fused-ring (bicyclic) bond motifs is 1. The zero-order chi connectivity index (χ0) is 25.4. The van der Waals surface area contributed by atoms with E-state index in [9.17, 15) is 14.4 Å². The van der Waals surface area contributed by atoms with Crippen LogP contribution >= 0.6 is 0 Å². The largest absolute Gasteiger partial charge is 0.459 e. The van der Waals surface area contributed by atoms with E-state index in [1.165, 1.54) is 0 Å². The van der Waals surface area contributed by atoms with Crippen LogP contribution in [-0.4, -0.2) is 29.3 Å². The molecule has 1 aromatic heterocycles. The minimum Gasteiger partial charge on any atom is -0.459 e. The van der Waals surface area contributed by atoms with E-state index in [2.05, 4.69) is 10.6 Å². The van der Waals surface area contributed by atoms with Crippen molar-refractivity contribution in [1.82, 2.24) is 15.5 Å². The van der Waals surface area contributed by atoms with Crippen LogP contribution in [0.25, 0.3) is 11.0 Å². The molecule has 0 aliphatic carbocycles. The van der Waals surface area contributed by atoms with Gasteiger partial charge in [-0.3, -0.25) is 14.5 Å². The van der Waals surface area contributed by atoms with Crippen molar-refractivity contribution in [1.29, 1.82) is 0 Å². The van der Waals surface area contributed by atoms with Crippen LogP contribution in [0.2, 0.25) is 0 Å². The van der Waals surface area contributed by atoms with Crippen molar-refractivity contribution in [3.63, 3.8) is 0 Å². The fraction of sp³-hybridized carbons (Fsp3) is 0.207. The van der Waals surface area contributed by atoms with E-state index in [4.69, 9.17) is 4.42 Å². The molecule has 0 spiro atoms. The molecule has 2 heterocycles. The highest BCUT2D eigenvalue weighted by Crippen LogP contribution is 2.37. The van der Waals surface area contributed by atoms with E-state index in [1.54, 1.807) is 19.1 Å². The van der Waals surface area contributed by atoms with Gasteiger partial charge in [0.05, 0.1) is 6.04 Å². The summed E-state index contributed by atoms with van der Waals surface area (Å²) in [7, 11) is 0. The monoisotopic (exact) mass is 481 g/mol. The summed E-state index contributed by atoms with van der Waals surface area (Å²) in [6.07, 6.45) is 0. The van der Waals surface area contributed by atoms with Crippen LogP contribution in [0.4, 0.5) is 4.79 Å². The van der Waals surface area contributed by atoms with Crippen molar-refractivity contribution in [3.05, 3.63) is 107 Å². The van der Waals surface area contributed by atoms with Gasteiger partial charge < -0.3 is 15.1 Å². The molecule has 4 amide bonds. The predicted octanol–water partition coefficient (Wildman–Crippen LogP) is 4.72. The molecular formula is C29H27N3O4. The van der Waals surface area contributed by atoms with Crippen molar-refractivity contribution in [2.24, 2.45) is 0 Å². The molecule has 36 heavy (non-hydrogen) atoms. The van der Waals surface area contributed by atoms with Gasteiger partial charge in [0.2, 0.25) is 5.91 Å². The number of para-hydroxylation sites is 1. The van der Waals surface area contributed by atoms with Crippen molar-refractivity contribution in [3.8, 4) is 0 Å². The number of urea groups is 1. The fourth-order valence-electron chi connectivity index (χ4n) is 4.66. The molecule has 2 atom stereocenters. The standard InChI is InChI=1S/C29H27N3O4/c1-18-13-14-23(15-19(18)2)29(22-10-5-4-6-11-22)27(34)32(28(35)31-29)17-26(33)30-20(3)25-16-21-9-7-8-12-24(21)36-25/h4-16,20H,17H2,1-3H3,(H,30,33)(H,31,35)/t20-,29-/m1/s1. The molecule has 7 heteroatoms. The number of hydrogen-bond donors (Lipinski definition) is 2. The van der Waals surface area contributed by atoms with Crippen LogP contribution in [-0.2, 0) is 15.1 Å². The third-order valence-corrected chi connectivity index (χ3v) is 6.80. The molecule has 0 radical (unpaired) electrons. The minimum atomic E-state index is -1.42. The number of carbonyl (C=O) groups excluding carboxylic acids is 3. The maximum absolute atomic E-state index is 13.9. The van der Waals surface area contributed by atoms with Gasteiger partial charge in [-0.25, -0.2) is 4.79 Å². The maximum atomic E-state index is 13.9. The number of furan rings is 1. The highest BCUT2D eigenvalue weighted by molar-refractivity contribution is 6.11. The summed E-state index contributed by atoms with van der Waals surface area (Å²) in [4.78, 5) is 40.9. The van der Waals surface area contributed by atoms with E-state index in [0.29, 0.717) is 16.9 Å². The van der Waals surface area contributed by atoms with Crippen LogP contribution in [0.15, 0.2) is 83.3 Å². The normalized spacial score (nSPS) is 18.4. The number of imide groups is 1. The molecule has 2 N–H and O–H groups in total. The van der Waals surface area contributed by atoms with E-state index in [0.717, 1.165) is 27.0 Å². The Balaban J connectivity index is 1.41. The molecule has 1 aliphatic heterocycles. The summed E-state index contributed by atoms with van der Waals surface area (Å²) in [6, 6.07) is 23.2. The minimum absolute atomic E-state index is 0.408. The summed E-state index contributed by atoms with van der Waals surface area (Å²) in [5.74, 6) is -0.362. The Morgan fingerprint density at radius 2 is 1.67 bits per heavy atom. The van der Waals surface area contributed by atoms with Crippen molar-refractivity contribution in [2.45, 2.75) is 32.4 Å². The Labute approximate surface area is 209 Å². The second kappa shape index (κ2) is 9.00. The topological polar surface area (TPSA) is 91.7 Å². The predicted molar refractivity (Wildman–Crippen MR) is 136 cm³/mol. The quantitative estimate of drug-likeness (QED) is 0.390. The van der Waals surface area contributed by atoms with Crippen molar-refractivity contribution < 1.29 is 18.8 Å². The molecule has 4 aromatic rings. The lowest BCUT2D eigenvalue weighted by atomic mass is 9.81. The van der Waals surface area contributed by atoms with Crippen molar-refractivity contribution in [2.75, 3.05) is 6.54 Å². The lowest BCUT2D eigenvalue weighted by Crippen LogP contribution is -2.46. The van der Waals surface area contributed by atoms with Crippen LogP contribution in [0.3, 0.4) is 0 Å². The average molecular weight is 482 g/mol. The first-order valence-electron chi connectivity index (χ1n) is 11.8. The number of rotatable bonds is 6. The Hall–Kier alpha value is -4.39. The summed E-state index contributed by atoms with van der Waals surface area (Å²) in [5.41, 5.74) is 2.67. The third kappa shape index (κ3) is 3.92. The van der Waals surface area contributed by atoms with Gasteiger partial charge in [0.1, 0.15) is 17.9 Å². The molecule has 3 aromatic carbocycles. The summed E-state index contributed by atoms with van der Waals surface area (Å²) < 4.78 is 5.84. The summed E-state index contributed by atoms with van der Waals surface area (Å²) in [6.45, 7) is 5.34. The Morgan fingerprint density at radius 3 is 2.39 bits per heavy atom. The van der Waals surface area contributed by atoms with E-state index in [1.807, 2.05) is 80.6 Å². The molecule has 0 unspecified atom stereocenters. The third-order valence-electron chi connectivity index (χ3n) is 6.80. The maximum Gasteiger partial charge on any atom is 0.326 e.